The molecular weight excluding hydrogens is 480 g/mol. The number of benzene rings is 3. The van der Waals surface area contributed by atoms with Crippen LogP contribution >= 0.6 is 11.6 Å². The van der Waals surface area contributed by atoms with Crippen molar-refractivity contribution >= 4 is 33.0 Å². The van der Waals surface area contributed by atoms with Gasteiger partial charge >= 0.3 is 0 Å². The largest absolute Gasteiger partial charge is 0.491 e. The Kier molecular flexibility index (Phi) is 6.28. The van der Waals surface area contributed by atoms with Crippen molar-refractivity contribution in [3.8, 4) is 5.75 Å². The van der Waals surface area contributed by atoms with Gasteiger partial charge in [-0.3, -0.25) is 4.72 Å². The monoisotopic (exact) mass is 508 g/mol. The minimum absolute atomic E-state index is 0.130. The van der Waals surface area contributed by atoms with Crippen molar-refractivity contribution in [3.63, 3.8) is 0 Å². The number of hydrogen-bond donors (Lipinski definition) is 2. The van der Waals surface area contributed by atoms with E-state index < -0.39 is 10.0 Å². The van der Waals surface area contributed by atoms with Crippen LogP contribution in [0.2, 0.25) is 5.02 Å². The predicted molar refractivity (Wildman–Crippen MR) is 142 cm³/mol. The van der Waals surface area contributed by atoms with E-state index in [1.54, 1.807) is 30.3 Å². The summed E-state index contributed by atoms with van der Waals surface area (Å²) in [6.07, 6.45) is 5.47. The molecule has 1 heterocycles. The summed E-state index contributed by atoms with van der Waals surface area (Å²) in [5.41, 5.74) is 4.50. The van der Waals surface area contributed by atoms with E-state index >= 15 is 0 Å². The van der Waals surface area contributed by atoms with E-state index in [0.29, 0.717) is 16.6 Å². The van der Waals surface area contributed by atoms with Gasteiger partial charge in [-0.05, 0) is 92.3 Å². The minimum atomic E-state index is -3.76. The number of hydrogen-bond acceptors (Lipinski definition) is 4. The Labute approximate surface area is 212 Å². The maximum absolute atomic E-state index is 13.2. The van der Waals surface area contributed by atoms with Crippen molar-refractivity contribution in [1.82, 2.24) is 0 Å². The average Bonchev–Trinajstić information content (AvgIpc) is 3.31. The van der Waals surface area contributed by atoms with E-state index in [2.05, 4.69) is 34.3 Å². The van der Waals surface area contributed by atoms with Crippen molar-refractivity contribution in [2.24, 2.45) is 5.92 Å². The number of anilines is 2. The van der Waals surface area contributed by atoms with Crippen molar-refractivity contribution in [2.75, 3.05) is 10.0 Å². The van der Waals surface area contributed by atoms with Crippen LogP contribution in [0.5, 0.6) is 5.75 Å². The van der Waals surface area contributed by atoms with Gasteiger partial charge in [0.2, 0.25) is 0 Å². The van der Waals surface area contributed by atoms with Gasteiger partial charge < -0.3 is 10.1 Å². The highest BCUT2D eigenvalue weighted by Crippen LogP contribution is 2.50. The third kappa shape index (κ3) is 4.78. The Balaban J connectivity index is 1.43. The summed E-state index contributed by atoms with van der Waals surface area (Å²) in [4.78, 5) is 0.238. The van der Waals surface area contributed by atoms with E-state index in [4.69, 9.17) is 16.3 Å². The molecule has 35 heavy (non-hydrogen) atoms. The first-order valence-electron chi connectivity index (χ1n) is 11.8. The number of rotatable bonds is 6. The van der Waals surface area contributed by atoms with Crippen molar-refractivity contribution in [3.05, 3.63) is 94.5 Å². The number of nitrogens with one attached hydrogen (secondary N) is 2. The predicted octanol–water partition coefficient (Wildman–Crippen LogP) is 7.06. The van der Waals surface area contributed by atoms with Crippen LogP contribution in [-0.4, -0.2) is 14.5 Å². The van der Waals surface area contributed by atoms with E-state index in [1.165, 1.54) is 5.56 Å². The molecule has 3 aromatic carbocycles. The van der Waals surface area contributed by atoms with Crippen molar-refractivity contribution < 1.29 is 13.2 Å². The number of ether oxygens (including phenoxy) is 1. The number of halogens is 1. The second-order valence-electron chi connectivity index (χ2n) is 9.53. The zero-order chi connectivity index (χ0) is 24.7. The smallest absolute Gasteiger partial charge is 0.261 e. The summed E-state index contributed by atoms with van der Waals surface area (Å²) in [5.74, 6) is 1.31. The summed E-state index contributed by atoms with van der Waals surface area (Å²) in [6, 6.07) is 18.9. The molecule has 7 heteroatoms. The van der Waals surface area contributed by atoms with Gasteiger partial charge in [-0.25, -0.2) is 8.42 Å². The molecular formula is C28H29ClN2O3S. The molecule has 3 atom stereocenters. The van der Waals surface area contributed by atoms with Gasteiger partial charge in [0.15, 0.2) is 0 Å². The Morgan fingerprint density at radius 2 is 1.83 bits per heavy atom. The summed E-state index contributed by atoms with van der Waals surface area (Å²) in [7, 11) is -3.76. The second-order valence-corrected chi connectivity index (χ2v) is 11.6. The van der Waals surface area contributed by atoms with Crippen LogP contribution in [0.3, 0.4) is 0 Å². The van der Waals surface area contributed by atoms with Gasteiger partial charge in [0.05, 0.1) is 22.7 Å². The fraction of sp³-hybridized carbons (Fsp3) is 0.286. The molecule has 5 rings (SSSR count). The van der Waals surface area contributed by atoms with Gasteiger partial charge in [0, 0.05) is 16.6 Å². The van der Waals surface area contributed by atoms with Crippen LogP contribution in [0.15, 0.2) is 77.7 Å². The molecule has 0 fully saturated rings. The third-order valence-electron chi connectivity index (χ3n) is 6.68. The second kappa shape index (κ2) is 9.25. The standard InChI is InChI=1S/C28H29ClN2O3S/c1-17(2)34-21-11-8-19(9-12-21)28-24-6-4-5-23(24)25-16-22(13-14-27(25)30-28)35(32,33)31-20-10-7-18(3)26(29)15-20/h4-5,7-17,23-24,28,30-31H,6H2,1-3H3/t23-,24+,28+/m0/s1. The number of sulfonamides is 1. The van der Waals surface area contributed by atoms with E-state index in [1.807, 2.05) is 39.0 Å². The van der Waals surface area contributed by atoms with Gasteiger partial charge in [-0.1, -0.05) is 42.0 Å². The summed E-state index contributed by atoms with van der Waals surface area (Å²) < 4.78 is 34.8. The lowest BCUT2D eigenvalue weighted by Gasteiger charge is -2.37. The quantitative estimate of drug-likeness (QED) is 0.350. The van der Waals surface area contributed by atoms with E-state index in [-0.39, 0.29) is 23.0 Å². The van der Waals surface area contributed by atoms with E-state index in [9.17, 15) is 8.42 Å². The Bertz CT molecular complexity index is 1380. The highest BCUT2D eigenvalue weighted by atomic mass is 35.5. The zero-order valence-corrected chi connectivity index (χ0v) is 21.5. The molecule has 0 saturated carbocycles. The fourth-order valence-corrected chi connectivity index (χ4v) is 6.23. The van der Waals surface area contributed by atoms with Crippen LogP contribution in [0.25, 0.3) is 0 Å². The fourth-order valence-electron chi connectivity index (χ4n) is 4.97. The Morgan fingerprint density at radius 1 is 1.06 bits per heavy atom. The zero-order valence-electron chi connectivity index (χ0n) is 20.0. The first-order valence-corrected chi connectivity index (χ1v) is 13.7. The lowest BCUT2D eigenvalue weighted by atomic mass is 9.77. The number of fused-ring (bicyclic) bond motifs is 3. The summed E-state index contributed by atoms with van der Waals surface area (Å²) in [6.45, 7) is 5.91. The molecule has 2 aliphatic rings. The first-order chi connectivity index (χ1) is 16.7. The molecule has 0 radical (unpaired) electrons. The topological polar surface area (TPSA) is 67.4 Å². The van der Waals surface area contributed by atoms with E-state index in [0.717, 1.165) is 29.0 Å². The van der Waals surface area contributed by atoms with Crippen LogP contribution in [-0.2, 0) is 10.0 Å². The minimum Gasteiger partial charge on any atom is -0.491 e. The highest BCUT2D eigenvalue weighted by molar-refractivity contribution is 7.92. The maximum atomic E-state index is 13.2. The molecule has 3 aromatic rings. The van der Waals surface area contributed by atoms with Crippen LogP contribution < -0.4 is 14.8 Å². The van der Waals surface area contributed by atoms with Gasteiger partial charge in [0.1, 0.15) is 5.75 Å². The first kappa shape index (κ1) is 23.8. The molecule has 5 nitrogen and oxygen atoms in total. The number of aryl methyl sites for hydroxylation is 1. The van der Waals surface area contributed by atoms with Crippen molar-refractivity contribution in [1.29, 1.82) is 0 Å². The maximum Gasteiger partial charge on any atom is 0.261 e. The number of allylic oxidation sites excluding steroid dienone is 2. The molecule has 0 spiro atoms. The molecule has 2 N–H and O–H groups in total. The highest BCUT2D eigenvalue weighted by Gasteiger charge is 2.38. The van der Waals surface area contributed by atoms with Crippen molar-refractivity contribution in [2.45, 2.75) is 50.2 Å². The molecule has 1 aliphatic carbocycles. The van der Waals surface area contributed by atoms with Gasteiger partial charge in [-0.15, -0.1) is 0 Å². The molecule has 0 bridgehead atoms. The Hall–Kier alpha value is -2.96. The molecule has 182 valence electrons. The van der Waals surface area contributed by atoms with Crippen LogP contribution in [0.1, 0.15) is 48.9 Å². The molecule has 1 aliphatic heterocycles. The molecule has 0 unspecified atom stereocenters. The summed E-state index contributed by atoms with van der Waals surface area (Å²) in [5, 5.41) is 4.20. The lowest BCUT2D eigenvalue weighted by molar-refractivity contribution is 0.242. The SMILES string of the molecule is Cc1ccc(NS(=O)(=O)c2ccc3c(c2)[C@H]2C=CC[C@H]2[C@@H](c2ccc(OC(C)C)cc2)N3)cc1Cl. The summed E-state index contributed by atoms with van der Waals surface area (Å²) >= 11 is 6.18. The van der Waals surface area contributed by atoms with Gasteiger partial charge in [-0.2, -0.15) is 0 Å². The molecule has 0 amide bonds. The normalized spacial score (nSPS) is 20.8. The van der Waals surface area contributed by atoms with Gasteiger partial charge in [0.25, 0.3) is 10.0 Å². The lowest BCUT2D eigenvalue weighted by Crippen LogP contribution is -2.29. The molecule has 0 saturated heterocycles. The Morgan fingerprint density at radius 3 is 2.54 bits per heavy atom. The molecule has 0 aromatic heterocycles. The van der Waals surface area contributed by atoms with Crippen LogP contribution in [0.4, 0.5) is 11.4 Å². The third-order valence-corrected chi connectivity index (χ3v) is 8.47. The average molecular weight is 509 g/mol. The van der Waals surface area contributed by atoms with Crippen LogP contribution in [0, 0.1) is 12.8 Å².